The first-order chi connectivity index (χ1) is 10.2. The molecule has 1 aromatic carbocycles. The molecule has 5 nitrogen and oxygen atoms in total. The Balaban J connectivity index is 1.84. The molecule has 5 heteroatoms. The molecule has 116 valence electrons. The summed E-state index contributed by atoms with van der Waals surface area (Å²) in [5.74, 6) is 0.193. The second-order valence-electron chi connectivity index (χ2n) is 5.23. The van der Waals surface area contributed by atoms with Gasteiger partial charge < -0.3 is 19.1 Å². The van der Waals surface area contributed by atoms with E-state index in [0.29, 0.717) is 13.2 Å². The monoisotopic (exact) mass is 293 g/mol. The molecule has 0 N–H and O–H groups in total. The summed E-state index contributed by atoms with van der Waals surface area (Å²) in [4.78, 5) is 13.9. The number of methoxy groups -OCH3 is 2. The highest BCUT2D eigenvalue weighted by Crippen LogP contribution is 2.22. The zero-order valence-electron chi connectivity index (χ0n) is 12.7. The molecule has 0 bridgehead atoms. The van der Waals surface area contributed by atoms with Crippen molar-refractivity contribution >= 4 is 6.09 Å². The number of piperidine rings is 1. The molecule has 1 heterocycles. The average Bonchev–Trinajstić information content (AvgIpc) is 2.55. The lowest BCUT2D eigenvalue weighted by molar-refractivity contribution is -0.147. The fourth-order valence-corrected chi connectivity index (χ4v) is 2.69. The Hall–Kier alpha value is -1.59. The molecule has 1 atom stereocenters. The van der Waals surface area contributed by atoms with E-state index < -0.39 is 0 Å². The predicted octanol–water partition coefficient (Wildman–Crippen LogP) is 2.65. The lowest BCUT2D eigenvalue weighted by Crippen LogP contribution is -2.44. The van der Waals surface area contributed by atoms with E-state index in [9.17, 15) is 4.79 Å². The van der Waals surface area contributed by atoms with Gasteiger partial charge in [-0.15, -0.1) is 0 Å². The molecule has 1 amide bonds. The van der Waals surface area contributed by atoms with E-state index in [-0.39, 0.29) is 18.3 Å². The van der Waals surface area contributed by atoms with Gasteiger partial charge in [0.15, 0.2) is 6.29 Å². The number of ether oxygens (including phenoxy) is 3. The molecule has 1 unspecified atom stereocenters. The van der Waals surface area contributed by atoms with Gasteiger partial charge in [0.25, 0.3) is 0 Å². The van der Waals surface area contributed by atoms with Crippen LogP contribution in [-0.2, 0) is 20.8 Å². The van der Waals surface area contributed by atoms with Gasteiger partial charge in [0.1, 0.15) is 6.61 Å². The summed E-state index contributed by atoms with van der Waals surface area (Å²) in [6.07, 6.45) is 1.40. The number of hydrogen-bond acceptors (Lipinski definition) is 4. The lowest BCUT2D eigenvalue weighted by Gasteiger charge is -2.35. The van der Waals surface area contributed by atoms with Crippen LogP contribution < -0.4 is 0 Å². The van der Waals surface area contributed by atoms with Crippen LogP contribution in [0.2, 0.25) is 0 Å². The maximum absolute atomic E-state index is 12.1. The van der Waals surface area contributed by atoms with Gasteiger partial charge in [-0.3, -0.25) is 0 Å². The molecule has 1 fully saturated rings. The van der Waals surface area contributed by atoms with Crippen molar-refractivity contribution in [2.75, 3.05) is 27.3 Å². The van der Waals surface area contributed by atoms with E-state index in [4.69, 9.17) is 14.2 Å². The van der Waals surface area contributed by atoms with Crippen LogP contribution in [0.4, 0.5) is 4.79 Å². The van der Waals surface area contributed by atoms with Gasteiger partial charge in [-0.1, -0.05) is 30.3 Å². The molecule has 2 rings (SSSR count). The first-order valence-corrected chi connectivity index (χ1v) is 7.25. The fraction of sp³-hybridized carbons (Fsp3) is 0.562. The molecule has 1 aliphatic rings. The van der Waals surface area contributed by atoms with Gasteiger partial charge in [0.2, 0.25) is 0 Å². The number of likely N-dealkylation sites (tertiary alicyclic amines) is 1. The standard InChI is InChI=1S/C16H23NO4/c1-19-15(20-2)14-9-6-10-17(11-14)16(18)21-12-13-7-4-3-5-8-13/h3-5,7-8,14-15H,6,9-12H2,1-2H3. The van der Waals surface area contributed by atoms with Crippen LogP contribution in [0.15, 0.2) is 30.3 Å². The first kappa shape index (κ1) is 15.8. The van der Waals surface area contributed by atoms with Gasteiger partial charge in [-0.2, -0.15) is 0 Å². The highest BCUT2D eigenvalue weighted by molar-refractivity contribution is 5.67. The smallest absolute Gasteiger partial charge is 0.410 e. The van der Waals surface area contributed by atoms with Crippen molar-refractivity contribution in [3.8, 4) is 0 Å². The van der Waals surface area contributed by atoms with E-state index in [1.54, 1.807) is 19.1 Å². The molecule has 0 spiro atoms. The molecular weight excluding hydrogens is 270 g/mol. The van der Waals surface area contributed by atoms with Crippen LogP contribution in [0.5, 0.6) is 0 Å². The van der Waals surface area contributed by atoms with Gasteiger partial charge in [0.05, 0.1) is 0 Å². The van der Waals surface area contributed by atoms with Crippen LogP contribution in [0.25, 0.3) is 0 Å². The topological polar surface area (TPSA) is 48.0 Å². The highest BCUT2D eigenvalue weighted by atomic mass is 16.7. The van der Waals surface area contributed by atoms with E-state index >= 15 is 0 Å². The van der Waals surface area contributed by atoms with Gasteiger partial charge >= 0.3 is 6.09 Å². The van der Waals surface area contributed by atoms with Crippen molar-refractivity contribution < 1.29 is 19.0 Å². The van der Waals surface area contributed by atoms with E-state index in [1.807, 2.05) is 30.3 Å². The van der Waals surface area contributed by atoms with Crippen molar-refractivity contribution in [1.29, 1.82) is 0 Å². The van der Waals surface area contributed by atoms with Crippen LogP contribution >= 0.6 is 0 Å². The molecule has 0 aromatic heterocycles. The summed E-state index contributed by atoms with van der Waals surface area (Å²) in [7, 11) is 3.25. The molecule has 1 saturated heterocycles. The number of carbonyl (C=O) groups is 1. The Morgan fingerprint density at radius 2 is 2.00 bits per heavy atom. The van der Waals surface area contributed by atoms with E-state index in [1.165, 1.54) is 0 Å². The fourth-order valence-electron chi connectivity index (χ4n) is 2.69. The molecule has 21 heavy (non-hydrogen) atoms. The van der Waals surface area contributed by atoms with E-state index in [0.717, 1.165) is 24.9 Å². The Morgan fingerprint density at radius 1 is 1.29 bits per heavy atom. The summed E-state index contributed by atoms with van der Waals surface area (Å²) in [6, 6.07) is 9.69. The van der Waals surface area contributed by atoms with Crippen molar-refractivity contribution in [3.05, 3.63) is 35.9 Å². The molecule has 1 aliphatic heterocycles. The molecular formula is C16H23NO4. The number of rotatable bonds is 5. The molecule has 0 aliphatic carbocycles. The second-order valence-corrected chi connectivity index (χ2v) is 5.23. The number of benzene rings is 1. The van der Waals surface area contributed by atoms with Crippen molar-refractivity contribution in [1.82, 2.24) is 4.90 Å². The minimum Gasteiger partial charge on any atom is -0.445 e. The van der Waals surface area contributed by atoms with Gasteiger partial charge in [-0.25, -0.2) is 4.79 Å². The van der Waals surface area contributed by atoms with Gasteiger partial charge in [-0.05, 0) is 18.4 Å². The summed E-state index contributed by atoms with van der Waals surface area (Å²) < 4.78 is 16.0. The summed E-state index contributed by atoms with van der Waals surface area (Å²) in [5, 5.41) is 0. The number of amides is 1. The molecule has 1 aromatic rings. The van der Waals surface area contributed by atoms with E-state index in [2.05, 4.69) is 0 Å². The minimum atomic E-state index is -0.269. The average molecular weight is 293 g/mol. The molecule has 0 radical (unpaired) electrons. The largest absolute Gasteiger partial charge is 0.445 e. The highest BCUT2D eigenvalue weighted by Gasteiger charge is 2.30. The van der Waals surface area contributed by atoms with Crippen LogP contribution in [0.3, 0.4) is 0 Å². The first-order valence-electron chi connectivity index (χ1n) is 7.25. The maximum Gasteiger partial charge on any atom is 0.410 e. The summed E-state index contributed by atoms with van der Waals surface area (Å²) in [5.41, 5.74) is 0.992. The van der Waals surface area contributed by atoms with Crippen LogP contribution in [-0.4, -0.2) is 44.6 Å². The van der Waals surface area contributed by atoms with Crippen LogP contribution in [0, 0.1) is 5.92 Å². The normalized spacial score (nSPS) is 18.8. The zero-order chi connectivity index (χ0) is 15.1. The Morgan fingerprint density at radius 3 is 2.67 bits per heavy atom. The Labute approximate surface area is 125 Å². The lowest BCUT2D eigenvalue weighted by atomic mass is 9.98. The number of carbonyl (C=O) groups excluding carboxylic acids is 1. The SMILES string of the molecule is COC(OC)C1CCCN(C(=O)OCc2ccccc2)C1. The van der Waals surface area contributed by atoms with Crippen LogP contribution in [0.1, 0.15) is 18.4 Å². The zero-order valence-corrected chi connectivity index (χ0v) is 12.7. The third kappa shape index (κ3) is 4.44. The van der Waals surface area contributed by atoms with Gasteiger partial charge in [0, 0.05) is 33.2 Å². The van der Waals surface area contributed by atoms with Crippen molar-refractivity contribution in [2.45, 2.75) is 25.7 Å². The summed E-state index contributed by atoms with van der Waals surface area (Å²) in [6.45, 7) is 1.64. The quantitative estimate of drug-likeness (QED) is 0.783. The van der Waals surface area contributed by atoms with Crippen molar-refractivity contribution in [3.63, 3.8) is 0 Å². The second kappa shape index (κ2) is 8.00. The third-order valence-electron chi connectivity index (χ3n) is 3.77. The predicted molar refractivity (Wildman–Crippen MR) is 78.7 cm³/mol. The Bertz CT molecular complexity index is 433. The summed E-state index contributed by atoms with van der Waals surface area (Å²) >= 11 is 0. The minimum absolute atomic E-state index is 0.193. The molecule has 0 saturated carbocycles. The number of nitrogens with zero attached hydrogens (tertiary/aromatic N) is 1. The number of hydrogen-bond donors (Lipinski definition) is 0. The van der Waals surface area contributed by atoms with Crippen molar-refractivity contribution in [2.24, 2.45) is 5.92 Å². The third-order valence-corrected chi connectivity index (χ3v) is 3.77. The maximum atomic E-state index is 12.1. The Kier molecular flexibility index (Phi) is 6.02.